The van der Waals surface area contributed by atoms with Gasteiger partial charge >= 0.3 is 6.09 Å². The second-order valence-corrected chi connectivity index (χ2v) is 8.03. The monoisotopic (exact) mass is 360 g/mol. The van der Waals surface area contributed by atoms with Crippen LogP contribution >= 0.6 is 0 Å². The number of benzene rings is 1. The molecule has 1 N–H and O–H groups in total. The molecule has 0 spiro atoms. The van der Waals surface area contributed by atoms with E-state index in [1.807, 2.05) is 29.2 Å². The molecule has 1 aromatic rings. The van der Waals surface area contributed by atoms with Gasteiger partial charge in [0.2, 0.25) is 0 Å². The highest BCUT2D eigenvalue weighted by molar-refractivity contribution is 5.94. The summed E-state index contributed by atoms with van der Waals surface area (Å²) < 4.78 is 5.14. The molecule has 5 heteroatoms. The van der Waals surface area contributed by atoms with E-state index in [0.29, 0.717) is 19.7 Å². The van der Waals surface area contributed by atoms with Gasteiger partial charge in [0, 0.05) is 24.7 Å². The first-order valence-corrected chi connectivity index (χ1v) is 9.64. The Morgan fingerprint density at radius 1 is 1.15 bits per heavy atom. The molecule has 1 fully saturated rings. The van der Waals surface area contributed by atoms with Crippen LogP contribution in [0.25, 0.3) is 0 Å². The number of amides is 2. The minimum absolute atomic E-state index is 0.0643. The topological polar surface area (TPSA) is 58.6 Å². The van der Waals surface area contributed by atoms with Crippen molar-refractivity contribution in [2.45, 2.75) is 64.8 Å². The Balaban J connectivity index is 1.82. The molecule has 2 rings (SSSR count). The summed E-state index contributed by atoms with van der Waals surface area (Å²) in [6.07, 6.45) is 3.06. The molecule has 5 nitrogen and oxygen atoms in total. The van der Waals surface area contributed by atoms with E-state index in [4.69, 9.17) is 4.74 Å². The van der Waals surface area contributed by atoms with E-state index in [1.54, 1.807) is 0 Å². The summed E-state index contributed by atoms with van der Waals surface area (Å²) in [5.74, 6) is 0.0643. The number of nitrogens with zero attached hydrogens (tertiary/aromatic N) is 1. The van der Waals surface area contributed by atoms with Gasteiger partial charge in [-0.25, -0.2) is 4.79 Å². The van der Waals surface area contributed by atoms with Gasteiger partial charge in [-0.15, -0.1) is 0 Å². The van der Waals surface area contributed by atoms with E-state index >= 15 is 0 Å². The third-order valence-electron chi connectivity index (χ3n) is 4.83. The molecule has 0 aromatic heterocycles. The smallest absolute Gasteiger partial charge is 0.407 e. The van der Waals surface area contributed by atoms with Crippen LogP contribution in [0.4, 0.5) is 4.79 Å². The number of carbonyl (C=O) groups is 2. The molecule has 1 aliphatic heterocycles. The van der Waals surface area contributed by atoms with Crippen LogP contribution in [0.5, 0.6) is 0 Å². The van der Waals surface area contributed by atoms with E-state index in [9.17, 15) is 9.59 Å². The summed E-state index contributed by atoms with van der Waals surface area (Å²) in [6.45, 7) is 10.3. The van der Waals surface area contributed by atoms with Crippen molar-refractivity contribution >= 4 is 12.0 Å². The van der Waals surface area contributed by atoms with Crippen LogP contribution in [0.15, 0.2) is 24.3 Å². The molecule has 0 atom stereocenters. The highest BCUT2D eigenvalue weighted by atomic mass is 16.5. The quantitative estimate of drug-likeness (QED) is 0.804. The van der Waals surface area contributed by atoms with Crippen LogP contribution in [-0.2, 0) is 10.2 Å². The average Bonchev–Trinajstić information content (AvgIpc) is 2.61. The largest absolute Gasteiger partial charge is 0.450 e. The number of rotatable bonds is 5. The molecule has 26 heavy (non-hydrogen) atoms. The van der Waals surface area contributed by atoms with Crippen LogP contribution in [0, 0.1) is 0 Å². The van der Waals surface area contributed by atoms with Crippen molar-refractivity contribution < 1.29 is 14.3 Å². The summed E-state index contributed by atoms with van der Waals surface area (Å²) in [5, 5.41) is 2.90. The predicted octanol–water partition coefficient (Wildman–Crippen LogP) is 4.12. The zero-order valence-electron chi connectivity index (χ0n) is 16.5. The number of ether oxygens (including phenoxy) is 1. The van der Waals surface area contributed by atoms with E-state index in [0.717, 1.165) is 31.2 Å². The van der Waals surface area contributed by atoms with Gasteiger partial charge < -0.3 is 15.0 Å². The van der Waals surface area contributed by atoms with Gasteiger partial charge in [0.25, 0.3) is 5.91 Å². The van der Waals surface area contributed by atoms with Gasteiger partial charge in [0.15, 0.2) is 0 Å². The highest BCUT2D eigenvalue weighted by Gasteiger charge is 2.25. The van der Waals surface area contributed by atoms with Crippen molar-refractivity contribution in [2.75, 3.05) is 19.7 Å². The second kappa shape index (κ2) is 9.06. The second-order valence-electron chi connectivity index (χ2n) is 8.03. The Bertz CT molecular complexity index is 597. The highest BCUT2D eigenvalue weighted by Crippen LogP contribution is 2.23. The molecule has 1 saturated heterocycles. The molecule has 0 bridgehead atoms. The number of hydrogen-bond donors (Lipinski definition) is 1. The van der Waals surface area contributed by atoms with E-state index in [-0.39, 0.29) is 23.5 Å². The molecule has 0 radical (unpaired) electrons. The summed E-state index contributed by atoms with van der Waals surface area (Å²) >= 11 is 0. The predicted molar refractivity (Wildman–Crippen MR) is 103 cm³/mol. The summed E-state index contributed by atoms with van der Waals surface area (Å²) in [4.78, 5) is 26.3. The fraction of sp³-hybridized carbons (Fsp3) is 0.619. The molecule has 144 valence electrons. The third-order valence-corrected chi connectivity index (χ3v) is 4.83. The van der Waals surface area contributed by atoms with Gasteiger partial charge in [0.1, 0.15) is 0 Å². The lowest BCUT2D eigenvalue weighted by Crippen LogP contribution is -2.46. The van der Waals surface area contributed by atoms with Crippen LogP contribution < -0.4 is 5.32 Å². The van der Waals surface area contributed by atoms with Crippen molar-refractivity contribution in [1.29, 1.82) is 0 Å². The van der Waals surface area contributed by atoms with Crippen molar-refractivity contribution in [1.82, 2.24) is 10.2 Å². The number of unbranched alkanes of at least 4 members (excludes halogenated alkanes) is 1. The summed E-state index contributed by atoms with van der Waals surface area (Å²) in [7, 11) is 0. The first-order valence-electron chi connectivity index (χ1n) is 9.64. The van der Waals surface area contributed by atoms with Crippen LogP contribution in [-0.4, -0.2) is 42.6 Å². The van der Waals surface area contributed by atoms with Crippen LogP contribution in [0.1, 0.15) is 69.3 Å². The number of piperidine rings is 1. The van der Waals surface area contributed by atoms with Gasteiger partial charge in [-0.3, -0.25) is 4.79 Å². The molecule has 1 heterocycles. The Kier molecular flexibility index (Phi) is 7.06. The molecule has 1 aliphatic rings. The minimum atomic E-state index is -0.346. The normalized spacial score (nSPS) is 15.6. The van der Waals surface area contributed by atoms with Crippen molar-refractivity contribution in [2.24, 2.45) is 0 Å². The molecular weight excluding hydrogens is 328 g/mol. The fourth-order valence-electron chi connectivity index (χ4n) is 3.04. The first-order chi connectivity index (χ1) is 12.3. The number of nitrogens with one attached hydrogen (secondary N) is 1. The lowest BCUT2D eigenvalue weighted by molar-refractivity contribution is 0.0701. The maximum absolute atomic E-state index is 12.7. The van der Waals surface area contributed by atoms with Crippen LogP contribution in [0.3, 0.4) is 0 Å². The van der Waals surface area contributed by atoms with Gasteiger partial charge in [0.05, 0.1) is 6.61 Å². The Morgan fingerprint density at radius 2 is 1.77 bits per heavy atom. The van der Waals surface area contributed by atoms with Crippen molar-refractivity contribution in [3.63, 3.8) is 0 Å². The zero-order chi connectivity index (χ0) is 19.2. The molecule has 0 saturated carbocycles. The van der Waals surface area contributed by atoms with E-state index in [2.05, 4.69) is 33.0 Å². The lowest BCUT2D eigenvalue weighted by atomic mass is 9.86. The number of carbonyl (C=O) groups excluding carboxylic acids is 2. The molecule has 0 unspecified atom stereocenters. The molecule has 1 aromatic carbocycles. The standard InChI is InChI=1S/C21H32N2O3/c1-5-6-15-26-20(25)22-18-11-13-23(14-12-18)19(24)16-7-9-17(10-8-16)21(2,3)4/h7-10,18H,5-6,11-15H2,1-4H3,(H,22,25). The fourth-order valence-corrected chi connectivity index (χ4v) is 3.04. The maximum atomic E-state index is 12.7. The maximum Gasteiger partial charge on any atom is 0.407 e. The van der Waals surface area contributed by atoms with Crippen molar-refractivity contribution in [3.05, 3.63) is 35.4 Å². The van der Waals surface area contributed by atoms with Crippen LogP contribution in [0.2, 0.25) is 0 Å². The summed E-state index contributed by atoms with van der Waals surface area (Å²) in [6, 6.07) is 7.98. The first kappa shape index (κ1) is 20.3. The molecule has 2 amide bonds. The van der Waals surface area contributed by atoms with Gasteiger partial charge in [-0.2, -0.15) is 0 Å². The lowest BCUT2D eigenvalue weighted by Gasteiger charge is -2.32. The number of likely N-dealkylation sites (tertiary alicyclic amines) is 1. The molecule has 0 aliphatic carbocycles. The zero-order valence-corrected chi connectivity index (χ0v) is 16.5. The Hall–Kier alpha value is -2.04. The van der Waals surface area contributed by atoms with E-state index in [1.165, 1.54) is 5.56 Å². The minimum Gasteiger partial charge on any atom is -0.450 e. The van der Waals surface area contributed by atoms with E-state index < -0.39 is 0 Å². The third kappa shape index (κ3) is 5.75. The Labute approximate surface area is 157 Å². The Morgan fingerprint density at radius 3 is 2.31 bits per heavy atom. The summed E-state index contributed by atoms with van der Waals surface area (Å²) in [5.41, 5.74) is 2.03. The number of alkyl carbamates (subject to hydrolysis) is 1. The van der Waals surface area contributed by atoms with Crippen molar-refractivity contribution in [3.8, 4) is 0 Å². The average molecular weight is 360 g/mol. The number of hydrogen-bond acceptors (Lipinski definition) is 3. The van der Waals surface area contributed by atoms with Gasteiger partial charge in [-0.05, 0) is 42.4 Å². The SMILES string of the molecule is CCCCOC(=O)NC1CCN(C(=O)c2ccc(C(C)(C)C)cc2)CC1. The van der Waals surface area contributed by atoms with Gasteiger partial charge in [-0.1, -0.05) is 46.2 Å². The molecular formula is C21H32N2O3.